The Kier molecular flexibility index (Phi) is 4.52. The van der Waals surface area contributed by atoms with E-state index in [1.54, 1.807) is 0 Å². The molecule has 0 radical (unpaired) electrons. The number of likely N-dealkylation sites (N-methyl/N-ethyl adjacent to an activating group) is 2. The molecule has 0 amide bonds. The third kappa shape index (κ3) is 4.35. The van der Waals surface area contributed by atoms with Gasteiger partial charge in [-0.2, -0.15) is 0 Å². The van der Waals surface area contributed by atoms with Crippen LogP contribution in [0.1, 0.15) is 26.3 Å². The predicted molar refractivity (Wildman–Crippen MR) is 74.8 cm³/mol. The average Bonchev–Trinajstić information content (AvgIpc) is 2.25. The van der Waals surface area contributed by atoms with Crippen molar-refractivity contribution in [2.24, 2.45) is 0 Å². The lowest BCUT2D eigenvalue weighted by atomic mass is 9.88. The summed E-state index contributed by atoms with van der Waals surface area (Å²) in [4.78, 5) is 8.90. The SMILES string of the molecule is CN(C)CCN(C)c1ccc(C(C)(C)C)cn1. The third-order valence-corrected chi connectivity index (χ3v) is 2.89. The van der Waals surface area contributed by atoms with Crippen molar-refractivity contribution in [1.29, 1.82) is 0 Å². The van der Waals surface area contributed by atoms with Crippen LogP contribution in [0.2, 0.25) is 0 Å². The highest BCUT2D eigenvalue weighted by molar-refractivity contribution is 5.39. The van der Waals surface area contributed by atoms with Gasteiger partial charge >= 0.3 is 0 Å². The number of hydrogen-bond acceptors (Lipinski definition) is 3. The van der Waals surface area contributed by atoms with Crippen molar-refractivity contribution in [3.05, 3.63) is 23.9 Å². The fourth-order valence-electron chi connectivity index (χ4n) is 1.52. The van der Waals surface area contributed by atoms with E-state index in [1.165, 1.54) is 5.56 Å². The van der Waals surface area contributed by atoms with Crippen LogP contribution in [0.4, 0.5) is 5.82 Å². The Morgan fingerprint density at radius 2 is 1.71 bits per heavy atom. The Labute approximate surface area is 105 Å². The second-order valence-electron chi connectivity index (χ2n) is 5.88. The molecule has 0 aliphatic carbocycles. The van der Waals surface area contributed by atoms with E-state index in [1.807, 2.05) is 6.20 Å². The fraction of sp³-hybridized carbons (Fsp3) is 0.643. The molecule has 0 aromatic carbocycles. The molecule has 0 aliphatic heterocycles. The molecular weight excluding hydrogens is 210 g/mol. The van der Waals surface area contributed by atoms with Crippen molar-refractivity contribution in [2.45, 2.75) is 26.2 Å². The Hall–Kier alpha value is -1.09. The lowest BCUT2D eigenvalue weighted by molar-refractivity contribution is 0.416. The van der Waals surface area contributed by atoms with Gasteiger partial charge in [-0.25, -0.2) is 4.98 Å². The highest BCUT2D eigenvalue weighted by Gasteiger charge is 2.14. The monoisotopic (exact) mass is 235 g/mol. The molecule has 0 N–H and O–H groups in total. The summed E-state index contributed by atoms with van der Waals surface area (Å²) in [7, 11) is 6.26. The van der Waals surface area contributed by atoms with Gasteiger partial charge in [0.05, 0.1) is 0 Å². The summed E-state index contributed by atoms with van der Waals surface area (Å²) in [6.07, 6.45) is 1.99. The first-order valence-electron chi connectivity index (χ1n) is 6.13. The first-order valence-corrected chi connectivity index (χ1v) is 6.13. The van der Waals surface area contributed by atoms with E-state index in [0.29, 0.717) is 0 Å². The van der Waals surface area contributed by atoms with Gasteiger partial charge in [0.25, 0.3) is 0 Å². The van der Waals surface area contributed by atoms with Gasteiger partial charge in [-0.05, 0) is 31.1 Å². The quantitative estimate of drug-likeness (QED) is 0.799. The lowest BCUT2D eigenvalue weighted by Crippen LogP contribution is -2.29. The molecule has 1 aromatic rings. The first-order chi connectivity index (χ1) is 7.80. The van der Waals surface area contributed by atoms with Crippen molar-refractivity contribution < 1.29 is 0 Å². The Morgan fingerprint density at radius 1 is 1.06 bits per heavy atom. The first kappa shape index (κ1) is 14.0. The number of nitrogens with zero attached hydrogens (tertiary/aromatic N) is 3. The number of pyridine rings is 1. The van der Waals surface area contributed by atoms with E-state index in [-0.39, 0.29) is 5.41 Å². The van der Waals surface area contributed by atoms with E-state index in [0.717, 1.165) is 18.9 Å². The van der Waals surface area contributed by atoms with Gasteiger partial charge in [0.1, 0.15) is 5.82 Å². The zero-order valence-corrected chi connectivity index (χ0v) is 12.0. The Bertz CT molecular complexity index is 335. The van der Waals surface area contributed by atoms with Crippen LogP contribution < -0.4 is 4.90 Å². The van der Waals surface area contributed by atoms with Crippen LogP contribution >= 0.6 is 0 Å². The summed E-state index contributed by atoms with van der Waals surface area (Å²) >= 11 is 0. The predicted octanol–water partition coefficient (Wildman–Crippen LogP) is 2.38. The molecule has 3 nitrogen and oxygen atoms in total. The Balaban J connectivity index is 2.67. The molecule has 0 spiro atoms. The van der Waals surface area contributed by atoms with Gasteiger partial charge < -0.3 is 9.80 Å². The molecule has 17 heavy (non-hydrogen) atoms. The van der Waals surface area contributed by atoms with E-state index >= 15 is 0 Å². The van der Waals surface area contributed by atoms with Gasteiger partial charge in [0.2, 0.25) is 0 Å². The zero-order valence-electron chi connectivity index (χ0n) is 12.0. The molecule has 3 heteroatoms. The molecule has 0 saturated heterocycles. The summed E-state index contributed by atoms with van der Waals surface area (Å²) in [6.45, 7) is 8.66. The molecule has 1 aromatic heterocycles. The van der Waals surface area contributed by atoms with Crippen molar-refractivity contribution >= 4 is 5.82 Å². The minimum absolute atomic E-state index is 0.174. The normalized spacial score (nSPS) is 11.9. The molecule has 1 heterocycles. The van der Waals surface area contributed by atoms with Crippen LogP contribution in [-0.4, -0.2) is 44.1 Å². The number of aromatic nitrogens is 1. The minimum atomic E-state index is 0.174. The van der Waals surface area contributed by atoms with E-state index in [9.17, 15) is 0 Å². The number of anilines is 1. The summed E-state index contributed by atoms with van der Waals surface area (Å²) < 4.78 is 0. The van der Waals surface area contributed by atoms with Crippen LogP contribution in [0, 0.1) is 0 Å². The van der Waals surface area contributed by atoms with Crippen LogP contribution in [0.25, 0.3) is 0 Å². The van der Waals surface area contributed by atoms with Crippen LogP contribution in [0.3, 0.4) is 0 Å². The van der Waals surface area contributed by atoms with Crippen molar-refractivity contribution in [3.63, 3.8) is 0 Å². The molecule has 96 valence electrons. The summed E-state index contributed by atoms with van der Waals surface area (Å²) in [5.41, 5.74) is 1.45. The third-order valence-electron chi connectivity index (χ3n) is 2.89. The Morgan fingerprint density at radius 3 is 2.12 bits per heavy atom. The highest BCUT2D eigenvalue weighted by atomic mass is 15.2. The number of rotatable bonds is 4. The smallest absolute Gasteiger partial charge is 0.128 e. The van der Waals surface area contributed by atoms with Gasteiger partial charge in [-0.3, -0.25) is 0 Å². The maximum atomic E-state index is 4.53. The van der Waals surface area contributed by atoms with E-state index in [2.05, 4.69) is 68.8 Å². The molecule has 1 rings (SSSR count). The second kappa shape index (κ2) is 5.50. The van der Waals surface area contributed by atoms with Crippen molar-refractivity contribution in [2.75, 3.05) is 39.1 Å². The topological polar surface area (TPSA) is 19.4 Å². The largest absolute Gasteiger partial charge is 0.358 e. The highest BCUT2D eigenvalue weighted by Crippen LogP contribution is 2.22. The van der Waals surface area contributed by atoms with Crippen LogP contribution in [0.5, 0.6) is 0 Å². The van der Waals surface area contributed by atoms with Gasteiger partial charge in [-0.1, -0.05) is 26.8 Å². The molecular formula is C14H25N3. The maximum absolute atomic E-state index is 4.53. The maximum Gasteiger partial charge on any atom is 0.128 e. The zero-order chi connectivity index (χ0) is 13.1. The van der Waals surface area contributed by atoms with E-state index < -0.39 is 0 Å². The van der Waals surface area contributed by atoms with Crippen LogP contribution in [0.15, 0.2) is 18.3 Å². The molecule has 0 aliphatic rings. The van der Waals surface area contributed by atoms with Crippen LogP contribution in [-0.2, 0) is 5.41 Å². The van der Waals surface area contributed by atoms with E-state index in [4.69, 9.17) is 0 Å². The fourth-order valence-corrected chi connectivity index (χ4v) is 1.52. The second-order valence-corrected chi connectivity index (χ2v) is 5.88. The average molecular weight is 235 g/mol. The van der Waals surface area contributed by atoms with Crippen molar-refractivity contribution in [3.8, 4) is 0 Å². The minimum Gasteiger partial charge on any atom is -0.358 e. The number of hydrogen-bond donors (Lipinski definition) is 0. The molecule has 0 fully saturated rings. The standard InChI is InChI=1S/C14H25N3/c1-14(2,3)12-7-8-13(15-11-12)17(6)10-9-16(4)5/h7-8,11H,9-10H2,1-6H3. The summed E-state index contributed by atoms with van der Waals surface area (Å²) in [5.74, 6) is 1.04. The summed E-state index contributed by atoms with van der Waals surface area (Å²) in [6, 6.07) is 4.28. The molecule has 0 bridgehead atoms. The lowest BCUT2D eigenvalue weighted by Gasteiger charge is -2.23. The van der Waals surface area contributed by atoms with Gasteiger partial charge in [0.15, 0.2) is 0 Å². The molecule has 0 saturated carbocycles. The van der Waals surface area contributed by atoms with Gasteiger partial charge in [0, 0.05) is 26.3 Å². The van der Waals surface area contributed by atoms with Gasteiger partial charge in [-0.15, -0.1) is 0 Å². The molecule has 0 atom stereocenters. The molecule has 0 unspecified atom stereocenters. The van der Waals surface area contributed by atoms with Crippen molar-refractivity contribution in [1.82, 2.24) is 9.88 Å². The summed E-state index contributed by atoms with van der Waals surface area (Å²) in [5, 5.41) is 0.